The Morgan fingerprint density at radius 2 is 1.87 bits per heavy atom. The molecule has 1 spiro atoms. The highest BCUT2D eigenvalue weighted by Gasteiger charge is 2.42. The highest BCUT2D eigenvalue weighted by molar-refractivity contribution is 5.80. The molecule has 1 aromatic rings. The molecule has 0 radical (unpaired) electrons. The van der Waals surface area contributed by atoms with Gasteiger partial charge in [-0.25, -0.2) is 4.99 Å². The summed E-state index contributed by atoms with van der Waals surface area (Å²) in [7, 11) is 0. The molecule has 3 heterocycles. The molecule has 0 aliphatic carbocycles. The third kappa shape index (κ3) is 5.34. The number of morpholine rings is 1. The Bertz CT molecular complexity index is 704. The lowest BCUT2D eigenvalue weighted by molar-refractivity contribution is -0.0704. The Labute approximate surface area is 181 Å². The van der Waals surface area contributed by atoms with E-state index in [1.165, 1.54) is 24.0 Å². The minimum Gasteiger partial charge on any atom is -0.381 e. The van der Waals surface area contributed by atoms with E-state index in [9.17, 15) is 0 Å². The number of hydrogen-bond acceptors (Lipinski definition) is 4. The average Bonchev–Trinajstić information content (AvgIpc) is 3.35. The van der Waals surface area contributed by atoms with Crippen LogP contribution in [0.5, 0.6) is 0 Å². The maximum Gasteiger partial charge on any atom is 0.194 e. The maximum atomic E-state index is 5.85. The first-order chi connectivity index (χ1) is 14.5. The summed E-state index contributed by atoms with van der Waals surface area (Å²) in [6.07, 6.45) is 3.02. The standard InChI is InChI=1S/C24H38N4O2/c1-4-25-23(28-11-9-24(17-28)10-12-29-18-24)26-13-21-5-7-22(8-6-21)16-27-14-19(2)30-20(3)15-27/h5-8,19-20H,4,9-18H2,1-3H3,(H,25,26). The van der Waals surface area contributed by atoms with Crippen LogP contribution in [0.4, 0.5) is 0 Å². The van der Waals surface area contributed by atoms with Crippen LogP contribution in [0, 0.1) is 5.41 Å². The summed E-state index contributed by atoms with van der Waals surface area (Å²) in [6, 6.07) is 8.96. The van der Waals surface area contributed by atoms with Crippen molar-refractivity contribution in [2.24, 2.45) is 10.4 Å². The molecule has 3 atom stereocenters. The molecule has 3 aliphatic rings. The molecule has 6 nitrogen and oxygen atoms in total. The third-order valence-electron chi connectivity index (χ3n) is 6.59. The lowest BCUT2D eigenvalue weighted by Crippen LogP contribution is -2.44. The topological polar surface area (TPSA) is 49.3 Å². The predicted octanol–water partition coefficient (Wildman–Crippen LogP) is 2.87. The van der Waals surface area contributed by atoms with Crippen molar-refractivity contribution in [2.75, 3.05) is 45.9 Å². The molecule has 3 unspecified atom stereocenters. The van der Waals surface area contributed by atoms with Gasteiger partial charge >= 0.3 is 0 Å². The lowest BCUT2D eigenvalue weighted by atomic mass is 9.87. The molecule has 0 saturated carbocycles. The van der Waals surface area contributed by atoms with Crippen molar-refractivity contribution in [3.8, 4) is 0 Å². The zero-order chi connectivity index (χ0) is 21.0. The van der Waals surface area contributed by atoms with Crippen LogP contribution >= 0.6 is 0 Å². The number of hydrogen-bond donors (Lipinski definition) is 1. The number of nitrogens with zero attached hydrogens (tertiary/aromatic N) is 3. The molecule has 0 aromatic heterocycles. The summed E-state index contributed by atoms with van der Waals surface area (Å²) in [6.45, 7) is 15.0. The van der Waals surface area contributed by atoms with E-state index in [1.807, 2.05) is 0 Å². The fraction of sp³-hybridized carbons (Fsp3) is 0.708. The molecule has 1 aromatic carbocycles. The van der Waals surface area contributed by atoms with Gasteiger partial charge in [0.05, 0.1) is 25.4 Å². The van der Waals surface area contributed by atoms with E-state index in [4.69, 9.17) is 14.5 Å². The monoisotopic (exact) mass is 414 g/mol. The van der Waals surface area contributed by atoms with Crippen molar-refractivity contribution in [2.45, 2.75) is 58.9 Å². The van der Waals surface area contributed by atoms with Gasteiger partial charge in [0.15, 0.2) is 5.96 Å². The van der Waals surface area contributed by atoms with E-state index in [0.29, 0.717) is 24.2 Å². The summed E-state index contributed by atoms with van der Waals surface area (Å²) in [4.78, 5) is 9.86. The largest absolute Gasteiger partial charge is 0.381 e. The Morgan fingerprint density at radius 1 is 1.13 bits per heavy atom. The highest BCUT2D eigenvalue weighted by atomic mass is 16.5. The second-order valence-electron chi connectivity index (χ2n) is 9.41. The SMILES string of the molecule is CCNC(=NCc1ccc(CN2CC(C)OC(C)C2)cc1)N1CCC2(CCOC2)C1. The van der Waals surface area contributed by atoms with Gasteiger partial charge in [0.2, 0.25) is 0 Å². The molecule has 166 valence electrons. The normalized spacial score (nSPS) is 30.4. The summed E-state index contributed by atoms with van der Waals surface area (Å²) >= 11 is 0. The van der Waals surface area contributed by atoms with E-state index in [1.54, 1.807) is 0 Å². The van der Waals surface area contributed by atoms with Gasteiger partial charge in [0, 0.05) is 51.3 Å². The minimum absolute atomic E-state index is 0.312. The molecule has 6 heteroatoms. The van der Waals surface area contributed by atoms with Gasteiger partial charge in [0.25, 0.3) is 0 Å². The van der Waals surface area contributed by atoms with Crippen molar-refractivity contribution in [3.63, 3.8) is 0 Å². The van der Waals surface area contributed by atoms with Crippen molar-refractivity contribution < 1.29 is 9.47 Å². The first-order valence-corrected chi connectivity index (χ1v) is 11.6. The Balaban J connectivity index is 1.34. The van der Waals surface area contributed by atoms with Gasteiger partial charge < -0.3 is 19.7 Å². The van der Waals surface area contributed by atoms with Crippen molar-refractivity contribution >= 4 is 5.96 Å². The Hall–Kier alpha value is -1.63. The van der Waals surface area contributed by atoms with Crippen LogP contribution in [-0.2, 0) is 22.6 Å². The fourth-order valence-corrected chi connectivity index (χ4v) is 5.10. The van der Waals surface area contributed by atoms with Crippen LogP contribution in [0.1, 0.15) is 44.7 Å². The molecular formula is C24H38N4O2. The zero-order valence-corrected chi connectivity index (χ0v) is 18.9. The molecular weight excluding hydrogens is 376 g/mol. The van der Waals surface area contributed by atoms with Gasteiger partial charge in [-0.15, -0.1) is 0 Å². The average molecular weight is 415 g/mol. The molecule has 4 rings (SSSR count). The first kappa shape index (κ1) is 21.6. The number of guanidine groups is 1. The van der Waals surface area contributed by atoms with Gasteiger partial charge in [-0.1, -0.05) is 24.3 Å². The van der Waals surface area contributed by atoms with Crippen LogP contribution in [0.25, 0.3) is 0 Å². The fourth-order valence-electron chi connectivity index (χ4n) is 5.10. The second-order valence-corrected chi connectivity index (χ2v) is 9.41. The number of likely N-dealkylation sites (tertiary alicyclic amines) is 1. The number of rotatable bonds is 5. The number of aliphatic imine (C=N–C) groups is 1. The van der Waals surface area contributed by atoms with Crippen LogP contribution in [0.2, 0.25) is 0 Å². The number of benzene rings is 1. The van der Waals surface area contributed by atoms with Crippen LogP contribution in [0.3, 0.4) is 0 Å². The first-order valence-electron chi connectivity index (χ1n) is 11.6. The van der Waals surface area contributed by atoms with Gasteiger partial charge in [-0.05, 0) is 44.7 Å². The Kier molecular flexibility index (Phi) is 6.96. The smallest absolute Gasteiger partial charge is 0.194 e. The molecule has 0 amide bonds. The summed E-state index contributed by atoms with van der Waals surface area (Å²) in [5.41, 5.74) is 2.97. The lowest BCUT2D eigenvalue weighted by Gasteiger charge is -2.35. The summed E-state index contributed by atoms with van der Waals surface area (Å²) < 4.78 is 11.5. The van der Waals surface area contributed by atoms with Crippen LogP contribution in [-0.4, -0.2) is 73.9 Å². The third-order valence-corrected chi connectivity index (χ3v) is 6.59. The van der Waals surface area contributed by atoms with E-state index < -0.39 is 0 Å². The highest BCUT2D eigenvalue weighted by Crippen LogP contribution is 2.38. The van der Waals surface area contributed by atoms with Gasteiger partial charge in [-0.2, -0.15) is 0 Å². The van der Waals surface area contributed by atoms with E-state index in [2.05, 4.69) is 60.2 Å². The Morgan fingerprint density at radius 3 is 2.53 bits per heavy atom. The van der Waals surface area contributed by atoms with E-state index in [0.717, 1.165) is 58.4 Å². The molecule has 3 fully saturated rings. The van der Waals surface area contributed by atoms with E-state index >= 15 is 0 Å². The zero-order valence-electron chi connectivity index (χ0n) is 18.9. The molecule has 0 bridgehead atoms. The molecule has 30 heavy (non-hydrogen) atoms. The molecule has 1 N–H and O–H groups in total. The number of ether oxygens (including phenoxy) is 2. The molecule has 3 saturated heterocycles. The predicted molar refractivity (Wildman–Crippen MR) is 121 cm³/mol. The van der Waals surface area contributed by atoms with Gasteiger partial charge in [0.1, 0.15) is 0 Å². The quantitative estimate of drug-likeness (QED) is 0.593. The van der Waals surface area contributed by atoms with E-state index in [-0.39, 0.29) is 0 Å². The van der Waals surface area contributed by atoms with Crippen molar-refractivity contribution in [1.82, 2.24) is 15.1 Å². The minimum atomic E-state index is 0.312. The van der Waals surface area contributed by atoms with Crippen LogP contribution < -0.4 is 5.32 Å². The second kappa shape index (κ2) is 9.67. The number of nitrogens with one attached hydrogen (secondary N) is 1. The molecule has 3 aliphatic heterocycles. The van der Waals surface area contributed by atoms with Crippen molar-refractivity contribution in [3.05, 3.63) is 35.4 Å². The van der Waals surface area contributed by atoms with Gasteiger partial charge in [-0.3, -0.25) is 4.90 Å². The summed E-state index contributed by atoms with van der Waals surface area (Å²) in [5.74, 6) is 1.04. The van der Waals surface area contributed by atoms with Crippen LogP contribution in [0.15, 0.2) is 29.3 Å². The van der Waals surface area contributed by atoms with Crippen molar-refractivity contribution in [1.29, 1.82) is 0 Å². The summed E-state index contributed by atoms with van der Waals surface area (Å²) in [5, 5.41) is 3.49. The maximum absolute atomic E-state index is 5.85.